The van der Waals surface area contributed by atoms with E-state index in [1.165, 1.54) is 13.0 Å². The molecular formula is C12H28N2O. The molecule has 0 aromatic heterocycles. The molecule has 15 heavy (non-hydrogen) atoms. The van der Waals surface area contributed by atoms with Crippen LogP contribution in [0.1, 0.15) is 35.0 Å². The van der Waals surface area contributed by atoms with E-state index in [4.69, 9.17) is 4.74 Å². The van der Waals surface area contributed by atoms with Crippen LogP contribution in [0.25, 0.3) is 0 Å². The molecule has 0 aliphatic carbocycles. The Labute approximate surface area is 95.7 Å². The Balaban J connectivity index is 0.00000225. The summed E-state index contributed by atoms with van der Waals surface area (Å²) in [6.45, 7) is 12.0. The van der Waals surface area contributed by atoms with E-state index in [9.17, 15) is 0 Å². The number of nitrogens with one attached hydrogen (secondary N) is 1. The van der Waals surface area contributed by atoms with Gasteiger partial charge in [-0.25, -0.2) is 0 Å². The molecule has 0 aromatic carbocycles. The summed E-state index contributed by atoms with van der Waals surface area (Å²) in [5, 5.41) is 3.44. The lowest BCUT2D eigenvalue weighted by atomic mass is 10.2. The van der Waals surface area contributed by atoms with E-state index in [0.717, 1.165) is 32.7 Å². The molecular weight excluding hydrogens is 188 g/mol. The first-order valence-electron chi connectivity index (χ1n) is 6.29. The van der Waals surface area contributed by atoms with Crippen LogP contribution in [-0.4, -0.2) is 49.8 Å². The molecule has 1 N–H and O–H groups in total. The summed E-state index contributed by atoms with van der Waals surface area (Å²) >= 11 is 0. The van der Waals surface area contributed by atoms with Crippen LogP contribution in [0.5, 0.6) is 0 Å². The first kappa shape index (κ1) is 12.9. The van der Waals surface area contributed by atoms with Crippen molar-refractivity contribution in [3.8, 4) is 0 Å². The predicted octanol–water partition coefficient (Wildman–Crippen LogP) is 1.73. The summed E-state index contributed by atoms with van der Waals surface area (Å²) in [6, 6.07) is 0.584. The topological polar surface area (TPSA) is 24.5 Å². The highest BCUT2D eigenvalue weighted by atomic mass is 16.5. The van der Waals surface area contributed by atoms with Gasteiger partial charge in [-0.2, -0.15) is 0 Å². The number of hydrogen-bond acceptors (Lipinski definition) is 3. The maximum Gasteiger partial charge on any atom is 0.0714 e. The molecule has 0 spiro atoms. The molecule has 0 amide bonds. The lowest BCUT2D eigenvalue weighted by Gasteiger charge is -2.32. The molecule has 1 fully saturated rings. The zero-order valence-electron chi connectivity index (χ0n) is 10.5. The molecule has 1 aliphatic rings. The first-order chi connectivity index (χ1) is 7.22. The Bertz CT molecular complexity index is 165. The molecule has 92 valence electrons. The molecule has 1 atom stereocenters. The van der Waals surface area contributed by atoms with Gasteiger partial charge >= 0.3 is 0 Å². The molecule has 0 saturated carbocycles. The minimum absolute atomic E-state index is 0. The van der Waals surface area contributed by atoms with Gasteiger partial charge in [-0.15, -0.1) is 0 Å². The van der Waals surface area contributed by atoms with Crippen molar-refractivity contribution in [2.75, 3.05) is 32.8 Å². The molecule has 0 aromatic rings. The molecule has 0 radical (unpaired) electrons. The Morgan fingerprint density at radius 1 is 1.53 bits per heavy atom. The van der Waals surface area contributed by atoms with Crippen molar-refractivity contribution in [2.24, 2.45) is 0 Å². The highest BCUT2D eigenvalue weighted by molar-refractivity contribution is 4.72. The van der Waals surface area contributed by atoms with E-state index < -0.39 is 0 Å². The molecule has 1 saturated heterocycles. The molecule has 1 heterocycles. The molecule has 1 rings (SSSR count). The molecule has 1 aliphatic heterocycles. The SMILES string of the molecule is CCCN1CCO[C@H](CCNC(C)C)C1.[HH]. The van der Waals surface area contributed by atoms with E-state index in [-0.39, 0.29) is 1.43 Å². The normalized spacial score (nSPS) is 23.6. The van der Waals surface area contributed by atoms with Gasteiger partial charge in [-0.3, -0.25) is 4.90 Å². The van der Waals surface area contributed by atoms with Crippen LogP contribution < -0.4 is 5.32 Å². The monoisotopic (exact) mass is 216 g/mol. The number of morpholine rings is 1. The second-order valence-corrected chi connectivity index (χ2v) is 4.69. The van der Waals surface area contributed by atoms with Gasteiger partial charge < -0.3 is 10.1 Å². The smallest absolute Gasteiger partial charge is 0.0714 e. The lowest BCUT2D eigenvalue weighted by Crippen LogP contribution is -2.43. The van der Waals surface area contributed by atoms with E-state index in [2.05, 4.69) is 31.0 Å². The molecule has 0 unspecified atom stereocenters. The predicted molar refractivity (Wildman–Crippen MR) is 66.3 cm³/mol. The van der Waals surface area contributed by atoms with Gasteiger partial charge in [0.25, 0.3) is 0 Å². The van der Waals surface area contributed by atoms with Crippen molar-refractivity contribution in [3.05, 3.63) is 0 Å². The maximum atomic E-state index is 5.75. The third-order valence-electron chi connectivity index (χ3n) is 2.78. The van der Waals surface area contributed by atoms with E-state index in [1.807, 2.05) is 0 Å². The standard InChI is InChI=1S/C12H26N2O.H2/c1-4-7-14-8-9-15-12(10-14)5-6-13-11(2)3;/h11-13H,4-10H2,1-3H3;1H/t12-;/m1./s1. The van der Waals surface area contributed by atoms with Gasteiger partial charge in [0, 0.05) is 20.6 Å². The van der Waals surface area contributed by atoms with Crippen LogP contribution in [0.15, 0.2) is 0 Å². The van der Waals surface area contributed by atoms with Crippen molar-refractivity contribution < 1.29 is 6.16 Å². The fourth-order valence-electron chi connectivity index (χ4n) is 2.01. The fourth-order valence-corrected chi connectivity index (χ4v) is 2.01. The molecule has 0 bridgehead atoms. The van der Waals surface area contributed by atoms with Crippen LogP contribution in [-0.2, 0) is 4.74 Å². The Morgan fingerprint density at radius 3 is 3.00 bits per heavy atom. The second kappa shape index (κ2) is 7.20. The zero-order valence-corrected chi connectivity index (χ0v) is 10.5. The number of nitrogens with zero attached hydrogens (tertiary/aromatic N) is 1. The Kier molecular flexibility index (Phi) is 6.22. The van der Waals surface area contributed by atoms with Crippen molar-refractivity contribution in [2.45, 2.75) is 45.8 Å². The van der Waals surface area contributed by atoms with Crippen molar-refractivity contribution in [1.82, 2.24) is 10.2 Å². The molecule has 3 nitrogen and oxygen atoms in total. The highest BCUT2D eigenvalue weighted by Gasteiger charge is 2.19. The van der Waals surface area contributed by atoms with E-state index in [1.54, 1.807) is 0 Å². The van der Waals surface area contributed by atoms with Gasteiger partial charge in [-0.1, -0.05) is 20.8 Å². The summed E-state index contributed by atoms with van der Waals surface area (Å²) in [5.41, 5.74) is 0. The third-order valence-corrected chi connectivity index (χ3v) is 2.78. The van der Waals surface area contributed by atoms with Crippen LogP contribution in [0.3, 0.4) is 0 Å². The number of ether oxygens (including phenoxy) is 1. The first-order valence-corrected chi connectivity index (χ1v) is 6.29. The quantitative estimate of drug-likeness (QED) is 0.732. The zero-order chi connectivity index (χ0) is 11.1. The summed E-state index contributed by atoms with van der Waals surface area (Å²) in [5.74, 6) is 0. The van der Waals surface area contributed by atoms with Crippen LogP contribution in [0, 0.1) is 0 Å². The van der Waals surface area contributed by atoms with Gasteiger partial charge in [0.2, 0.25) is 0 Å². The van der Waals surface area contributed by atoms with Gasteiger partial charge in [0.15, 0.2) is 0 Å². The van der Waals surface area contributed by atoms with Crippen molar-refractivity contribution >= 4 is 0 Å². The van der Waals surface area contributed by atoms with Crippen LogP contribution in [0.2, 0.25) is 0 Å². The number of rotatable bonds is 6. The van der Waals surface area contributed by atoms with Crippen LogP contribution >= 0.6 is 0 Å². The third kappa shape index (κ3) is 5.50. The van der Waals surface area contributed by atoms with Gasteiger partial charge in [0.05, 0.1) is 12.7 Å². The van der Waals surface area contributed by atoms with Crippen molar-refractivity contribution in [1.29, 1.82) is 0 Å². The second-order valence-electron chi connectivity index (χ2n) is 4.69. The van der Waals surface area contributed by atoms with Gasteiger partial charge in [-0.05, 0) is 25.9 Å². The molecule has 3 heteroatoms. The fraction of sp³-hybridized carbons (Fsp3) is 1.00. The minimum Gasteiger partial charge on any atom is -0.376 e. The summed E-state index contributed by atoms with van der Waals surface area (Å²) < 4.78 is 5.75. The van der Waals surface area contributed by atoms with Crippen LogP contribution in [0.4, 0.5) is 0 Å². The van der Waals surface area contributed by atoms with Gasteiger partial charge in [0.1, 0.15) is 0 Å². The van der Waals surface area contributed by atoms with E-state index >= 15 is 0 Å². The number of hydrogen-bond donors (Lipinski definition) is 1. The minimum atomic E-state index is 0. The summed E-state index contributed by atoms with van der Waals surface area (Å²) in [6.07, 6.45) is 2.83. The summed E-state index contributed by atoms with van der Waals surface area (Å²) in [4.78, 5) is 2.52. The van der Waals surface area contributed by atoms with Crippen molar-refractivity contribution in [3.63, 3.8) is 0 Å². The lowest BCUT2D eigenvalue weighted by molar-refractivity contribution is -0.0315. The summed E-state index contributed by atoms with van der Waals surface area (Å²) in [7, 11) is 0. The average molecular weight is 216 g/mol. The maximum absolute atomic E-state index is 5.75. The Hall–Kier alpha value is -0.120. The largest absolute Gasteiger partial charge is 0.376 e. The highest BCUT2D eigenvalue weighted by Crippen LogP contribution is 2.08. The average Bonchev–Trinajstić information content (AvgIpc) is 2.18. The Morgan fingerprint density at radius 2 is 2.33 bits per heavy atom. The van der Waals surface area contributed by atoms with E-state index in [0.29, 0.717) is 12.1 Å².